The number of benzene rings is 1. The van der Waals surface area contributed by atoms with Crippen molar-refractivity contribution in [3.8, 4) is 11.3 Å². The standard InChI is InChI=1S/C20H21N3O4/c1-12-6-7-17(27-12)13-4-3-5-14(8-13)19(25)21-15-9-16-20(26)22(2)11-18(24)23(16)10-15/h3-8,15-16H,9-11H2,1-2H3,(H,21,25)/t15-,16-/m0/s1. The summed E-state index contributed by atoms with van der Waals surface area (Å²) in [7, 11) is 1.63. The predicted octanol–water partition coefficient (Wildman–Crippen LogP) is 1.43. The van der Waals surface area contributed by atoms with Crippen LogP contribution in [0.5, 0.6) is 0 Å². The molecule has 2 saturated heterocycles. The summed E-state index contributed by atoms with van der Waals surface area (Å²) >= 11 is 0. The van der Waals surface area contributed by atoms with E-state index in [0.717, 1.165) is 11.3 Å². The Balaban J connectivity index is 1.47. The number of piperazine rings is 1. The summed E-state index contributed by atoms with van der Waals surface area (Å²) in [6, 6.07) is 10.2. The van der Waals surface area contributed by atoms with Crippen LogP contribution in [0.2, 0.25) is 0 Å². The van der Waals surface area contributed by atoms with E-state index in [-0.39, 0.29) is 30.3 Å². The Morgan fingerprint density at radius 1 is 1.22 bits per heavy atom. The molecule has 0 bridgehead atoms. The molecule has 140 valence electrons. The van der Waals surface area contributed by atoms with E-state index >= 15 is 0 Å². The zero-order valence-corrected chi connectivity index (χ0v) is 15.3. The molecule has 0 unspecified atom stereocenters. The molecule has 0 saturated carbocycles. The Morgan fingerprint density at radius 3 is 2.78 bits per heavy atom. The number of carbonyl (C=O) groups excluding carboxylic acids is 3. The molecule has 1 N–H and O–H groups in total. The van der Waals surface area contributed by atoms with Crippen LogP contribution < -0.4 is 5.32 Å². The lowest BCUT2D eigenvalue weighted by molar-refractivity contribution is -0.152. The van der Waals surface area contributed by atoms with Gasteiger partial charge in [-0.25, -0.2) is 0 Å². The van der Waals surface area contributed by atoms with Gasteiger partial charge in [0.15, 0.2) is 0 Å². The maximum atomic E-state index is 12.7. The molecule has 1 aromatic carbocycles. The van der Waals surface area contributed by atoms with E-state index in [1.807, 2.05) is 31.2 Å². The molecule has 7 nitrogen and oxygen atoms in total. The van der Waals surface area contributed by atoms with Crippen LogP contribution in [0.25, 0.3) is 11.3 Å². The first-order chi connectivity index (χ1) is 12.9. The second-order valence-electron chi connectivity index (χ2n) is 7.15. The third kappa shape index (κ3) is 3.20. The van der Waals surface area contributed by atoms with Gasteiger partial charge in [-0.1, -0.05) is 12.1 Å². The van der Waals surface area contributed by atoms with E-state index in [1.165, 1.54) is 4.90 Å². The molecule has 0 spiro atoms. The lowest BCUT2D eigenvalue weighted by Crippen LogP contribution is -2.55. The zero-order chi connectivity index (χ0) is 19.1. The van der Waals surface area contributed by atoms with Crippen molar-refractivity contribution in [3.63, 3.8) is 0 Å². The fourth-order valence-electron chi connectivity index (χ4n) is 3.75. The van der Waals surface area contributed by atoms with Gasteiger partial charge in [-0.2, -0.15) is 0 Å². The van der Waals surface area contributed by atoms with E-state index in [1.54, 1.807) is 24.1 Å². The van der Waals surface area contributed by atoms with Gasteiger partial charge in [0.2, 0.25) is 11.8 Å². The molecule has 27 heavy (non-hydrogen) atoms. The number of hydrogen-bond acceptors (Lipinski definition) is 4. The van der Waals surface area contributed by atoms with E-state index < -0.39 is 6.04 Å². The minimum Gasteiger partial charge on any atom is -0.461 e. The number of aryl methyl sites for hydroxylation is 1. The molecule has 0 radical (unpaired) electrons. The average molecular weight is 367 g/mol. The van der Waals surface area contributed by atoms with Crippen molar-refractivity contribution in [2.75, 3.05) is 20.1 Å². The van der Waals surface area contributed by atoms with Gasteiger partial charge in [0.05, 0.1) is 6.54 Å². The number of rotatable bonds is 3. The molecule has 2 atom stereocenters. The Bertz CT molecular complexity index is 919. The van der Waals surface area contributed by atoms with E-state index in [9.17, 15) is 14.4 Å². The number of carbonyl (C=O) groups is 3. The lowest BCUT2D eigenvalue weighted by atomic mass is 10.1. The summed E-state index contributed by atoms with van der Waals surface area (Å²) in [5.74, 6) is 1.15. The maximum absolute atomic E-state index is 12.7. The van der Waals surface area contributed by atoms with E-state index in [4.69, 9.17) is 4.42 Å². The van der Waals surface area contributed by atoms with Gasteiger partial charge < -0.3 is 19.5 Å². The molecular formula is C20H21N3O4. The topological polar surface area (TPSA) is 82.9 Å². The molecule has 0 aliphatic carbocycles. The number of hydrogen-bond donors (Lipinski definition) is 1. The second-order valence-corrected chi connectivity index (χ2v) is 7.15. The van der Waals surface area contributed by atoms with Crippen LogP contribution in [0.3, 0.4) is 0 Å². The van der Waals surface area contributed by atoms with Gasteiger partial charge >= 0.3 is 0 Å². The van der Waals surface area contributed by atoms with Crippen LogP contribution >= 0.6 is 0 Å². The highest BCUT2D eigenvalue weighted by molar-refractivity contribution is 5.97. The second kappa shape index (κ2) is 6.57. The monoisotopic (exact) mass is 367 g/mol. The number of likely N-dealkylation sites (N-methyl/N-ethyl adjacent to an activating group) is 1. The average Bonchev–Trinajstić information content (AvgIpc) is 3.27. The highest BCUT2D eigenvalue weighted by Gasteiger charge is 2.44. The first-order valence-electron chi connectivity index (χ1n) is 8.94. The minimum atomic E-state index is -0.473. The fourth-order valence-corrected chi connectivity index (χ4v) is 3.75. The number of nitrogens with one attached hydrogen (secondary N) is 1. The SMILES string of the molecule is Cc1ccc(-c2cccc(C(=O)N[C@H]3C[C@H]4C(=O)N(C)CC(=O)N4C3)c2)o1. The first-order valence-corrected chi connectivity index (χ1v) is 8.94. The van der Waals surface area contributed by atoms with Gasteiger partial charge in [-0.05, 0) is 37.6 Å². The van der Waals surface area contributed by atoms with Gasteiger partial charge in [0, 0.05) is 30.8 Å². The van der Waals surface area contributed by atoms with Crippen LogP contribution in [0.15, 0.2) is 40.8 Å². The Kier molecular flexibility index (Phi) is 4.22. The van der Waals surface area contributed by atoms with E-state index in [2.05, 4.69) is 5.32 Å². The third-order valence-corrected chi connectivity index (χ3v) is 5.14. The molecule has 3 amide bonds. The largest absolute Gasteiger partial charge is 0.461 e. The summed E-state index contributed by atoms with van der Waals surface area (Å²) in [4.78, 5) is 40.1. The summed E-state index contributed by atoms with van der Waals surface area (Å²) in [5.41, 5.74) is 1.34. The quantitative estimate of drug-likeness (QED) is 0.890. The lowest BCUT2D eigenvalue weighted by Gasteiger charge is -2.33. The van der Waals surface area contributed by atoms with Crippen molar-refractivity contribution < 1.29 is 18.8 Å². The molecule has 2 aliphatic heterocycles. The molecule has 1 aromatic heterocycles. The molecule has 2 aliphatic rings. The summed E-state index contributed by atoms with van der Waals surface area (Å²) in [6.07, 6.45) is 0.442. The molecule has 3 heterocycles. The number of fused-ring (bicyclic) bond motifs is 1. The van der Waals surface area contributed by atoms with Gasteiger partial charge in [-0.3, -0.25) is 14.4 Å². The Morgan fingerprint density at radius 2 is 2.04 bits per heavy atom. The van der Waals surface area contributed by atoms with Gasteiger partial charge in [-0.15, -0.1) is 0 Å². The van der Waals surface area contributed by atoms with Crippen LogP contribution in [-0.2, 0) is 9.59 Å². The van der Waals surface area contributed by atoms with Crippen molar-refractivity contribution in [1.29, 1.82) is 0 Å². The highest BCUT2D eigenvalue weighted by atomic mass is 16.3. The maximum Gasteiger partial charge on any atom is 0.251 e. The fraction of sp³-hybridized carbons (Fsp3) is 0.350. The number of furan rings is 1. The van der Waals surface area contributed by atoms with Crippen molar-refractivity contribution in [2.45, 2.75) is 25.4 Å². The van der Waals surface area contributed by atoms with Crippen molar-refractivity contribution in [3.05, 3.63) is 47.7 Å². The smallest absolute Gasteiger partial charge is 0.251 e. The Hall–Kier alpha value is -3.09. The van der Waals surface area contributed by atoms with Gasteiger partial charge in [0.1, 0.15) is 17.6 Å². The molecule has 4 rings (SSSR count). The molecular weight excluding hydrogens is 346 g/mol. The van der Waals surface area contributed by atoms with Gasteiger partial charge in [0.25, 0.3) is 5.91 Å². The number of amides is 3. The summed E-state index contributed by atoms with van der Waals surface area (Å²) in [6.45, 7) is 2.33. The van der Waals surface area contributed by atoms with Crippen molar-refractivity contribution in [2.24, 2.45) is 0 Å². The first kappa shape index (κ1) is 17.3. The van der Waals surface area contributed by atoms with Crippen LogP contribution in [0.1, 0.15) is 22.5 Å². The van der Waals surface area contributed by atoms with Crippen LogP contribution in [0, 0.1) is 6.92 Å². The number of nitrogens with zero attached hydrogens (tertiary/aromatic N) is 2. The minimum absolute atomic E-state index is 0.0680. The zero-order valence-electron chi connectivity index (χ0n) is 15.3. The van der Waals surface area contributed by atoms with Crippen molar-refractivity contribution >= 4 is 17.7 Å². The van der Waals surface area contributed by atoms with Crippen LogP contribution in [0.4, 0.5) is 0 Å². The van der Waals surface area contributed by atoms with E-state index in [0.29, 0.717) is 24.3 Å². The molecule has 2 aromatic rings. The predicted molar refractivity (Wildman–Crippen MR) is 97.9 cm³/mol. The van der Waals surface area contributed by atoms with Crippen LogP contribution in [-0.4, -0.2) is 59.7 Å². The summed E-state index contributed by atoms with van der Waals surface area (Å²) in [5, 5.41) is 2.96. The van der Waals surface area contributed by atoms with Crippen molar-refractivity contribution in [1.82, 2.24) is 15.1 Å². The normalized spacial score (nSPS) is 22.1. The molecule has 2 fully saturated rings. The third-order valence-electron chi connectivity index (χ3n) is 5.14. The Labute approximate surface area is 156 Å². The molecule has 7 heteroatoms. The summed E-state index contributed by atoms with van der Waals surface area (Å²) < 4.78 is 5.62. The highest BCUT2D eigenvalue weighted by Crippen LogP contribution is 2.25.